The zero-order valence-electron chi connectivity index (χ0n) is 20.2. The molecule has 0 aromatic heterocycles. The Kier molecular flexibility index (Phi) is 6.41. The summed E-state index contributed by atoms with van der Waals surface area (Å²) in [4.78, 5) is 33.0. The van der Waals surface area contributed by atoms with Crippen LogP contribution < -0.4 is 4.90 Å². The largest absolute Gasteiger partial charge is 0.444 e. The molecule has 3 amide bonds. The van der Waals surface area contributed by atoms with E-state index in [0.29, 0.717) is 38.9 Å². The fourth-order valence-electron chi connectivity index (χ4n) is 6.03. The summed E-state index contributed by atoms with van der Waals surface area (Å²) in [6.45, 7) is 5.00. The highest BCUT2D eigenvalue weighted by Crippen LogP contribution is 2.48. The number of carbonyl (C=O) groups is 2. The van der Waals surface area contributed by atoms with Gasteiger partial charge in [-0.05, 0) is 62.5 Å². The SMILES string of the molecule is CN(C)C(=O)N1CC2(CCN(C3CCN(C(=O)O[C@@H]4CCOC4)CC3)CC2)c2cc(F)ccc21. The maximum atomic E-state index is 14.2. The highest BCUT2D eigenvalue weighted by molar-refractivity contribution is 5.95. The summed E-state index contributed by atoms with van der Waals surface area (Å²) in [5.74, 6) is -0.247. The molecule has 4 heterocycles. The second-order valence-corrected chi connectivity index (χ2v) is 10.3. The number of ether oxygens (including phenoxy) is 2. The maximum Gasteiger partial charge on any atom is 0.410 e. The Morgan fingerprint density at radius 3 is 2.50 bits per heavy atom. The number of nitrogens with zero attached hydrogens (tertiary/aromatic N) is 4. The molecule has 0 unspecified atom stereocenters. The minimum atomic E-state index is -0.247. The summed E-state index contributed by atoms with van der Waals surface area (Å²) in [5.41, 5.74) is 1.61. The average Bonchev–Trinajstić information content (AvgIpc) is 3.46. The van der Waals surface area contributed by atoms with Gasteiger partial charge in [0.1, 0.15) is 11.9 Å². The molecule has 1 aromatic rings. The van der Waals surface area contributed by atoms with Gasteiger partial charge in [-0.1, -0.05) is 0 Å². The second-order valence-electron chi connectivity index (χ2n) is 10.3. The van der Waals surface area contributed by atoms with E-state index in [2.05, 4.69) is 4.90 Å². The van der Waals surface area contributed by atoms with Crippen LogP contribution in [0.1, 0.15) is 37.7 Å². The zero-order chi connectivity index (χ0) is 23.9. The molecule has 9 heteroatoms. The zero-order valence-corrected chi connectivity index (χ0v) is 20.2. The van der Waals surface area contributed by atoms with Crippen molar-refractivity contribution in [1.82, 2.24) is 14.7 Å². The number of carbonyl (C=O) groups excluding carboxylic acids is 2. The molecule has 4 aliphatic rings. The molecule has 1 spiro atoms. The number of amides is 3. The monoisotopic (exact) mass is 474 g/mol. The van der Waals surface area contributed by atoms with Gasteiger partial charge in [-0.25, -0.2) is 14.0 Å². The molecule has 1 aromatic carbocycles. The van der Waals surface area contributed by atoms with Gasteiger partial charge in [0, 0.05) is 57.3 Å². The number of halogens is 1. The highest BCUT2D eigenvalue weighted by atomic mass is 19.1. The van der Waals surface area contributed by atoms with Crippen LogP contribution in [-0.2, 0) is 14.9 Å². The Labute approximate surface area is 200 Å². The van der Waals surface area contributed by atoms with Crippen LogP contribution in [0.2, 0.25) is 0 Å². The van der Waals surface area contributed by atoms with Crippen LogP contribution in [0.5, 0.6) is 0 Å². The summed E-state index contributed by atoms with van der Waals surface area (Å²) in [6.07, 6.45) is 4.10. The molecule has 8 nitrogen and oxygen atoms in total. The van der Waals surface area contributed by atoms with Crippen LogP contribution in [0.25, 0.3) is 0 Å². The molecule has 4 aliphatic heterocycles. The van der Waals surface area contributed by atoms with E-state index >= 15 is 0 Å². The van der Waals surface area contributed by atoms with Crippen LogP contribution in [0.3, 0.4) is 0 Å². The molecule has 186 valence electrons. The third-order valence-corrected chi connectivity index (χ3v) is 8.04. The molecule has 0 saturated carbocycles. The number of hydrogen-bond donors (Lipinski definition) is 0. The number of piperidine rings is 2. The van der Waals surface area contributed by atoms with E-state index in [-0.39, 0.29) is 29.5 Å². The van der Waals surface area contributed by atoms with Crippen LogP contribution in [0.15, 0.2) is 18.2 Å². The van der Waals surface area contributed by atoms with Crippen molar-refractivity contribution in [2.75, 3.05) is 64.9 Å². The molecule has 0 radical (unpaired) electrons. The van der Waals surface area contributed by atoms with Crippen molar-refractivity contribution in [3.63, 3.8) is 0 Å². The number of hydrogen-bond acceptors (Lipinski definition) is 5. The Morgan fingerprint density at radius 1 is 1.12 bits per heavy atom. The van der Waals surface area contributed by atoms with Crippen LogP contribution in [0, 0.1) is 5.82 Å². The van der Waals surface area contributed by atoms with E-state index in [4.69, 9.17) is 9.47 Å². The number of urea groups is 1. The van der Waals surface area contributed by atoms with Gasteiger partial charge in [0.2, 0.25) is 0 Å². The number of benzene rings is 1. The number of anilines is 1. The van der Waals surface area contributed by atoms with Gasteiger partial charge < -0.3 is 24.2 Å². The average molecular weight is 475 g/mol. The molecule has 0 bridgehead atoms. The van der Waals surface area contributed by atoms with Crippen LogP contribution in [0.4, 0.5) is 19.7 Å². The fraction of sp³-hybridized carbons (Fsp3) is 0.680. The van der Waals surface area contributed by atoms with Gasteiger partial charge >= 0.3 is 12.1 Å². The summed E-state index contributed by atoms with van der Waals surface area (Å²) in [7, 11) is 3.51. The molecule has 0 aliphatic carbocycles. The molecular formula is C25H35FN4O4. The van der Waals surface area contributed by atoms with Crippen LogP contribution >= 0.6 is 0 Å². The van der Waals surface area contributed by atoms with Crippen molar-refractivity contribution in [2.45, 2.75) is 49.7 Å². The van der Waals surface area contributed by atoms with Crippen molar-refractivity contribution in [3.05, 3.63) is 29.6 Å². The minimum absolute atomic E-state index is 0.0596. The Hall–Kier alpha value is -2.39. The lowest BCUT2D eigenvalue weighted by Gasteiger charge is -2.45. The molecule has 3 fully saturated rings. The summed E-state index contributed by atoms with van der Waals surface area (Å²) in [6, 6.07) is 5.20. The first-order valence-electron chi connectivity index (χ1n) is 12.4. The normalized spacial score (nSPS) is 25.0. The number of rotatable bonds is 2. The van der Waals surface area contributed by atoms with Gasteiger partial charge in [-0.2, -0.15) is 0 Å². The summed E-state index contributed by atoms with van der Waals surface area (Å²) < 4.78 is 25.1. The van der Waals surface area contributed by atoms with Gasteiger partial charge in [-0.3, -0.25) is 4.90 Å². The number of fused-ring (bicyclic) bond motifs is 2. The van der Waals surface area contributed by atoms with E-state index in [1.54, 1.807) is 31.1 Å². The molecule has 34 heavy (non-hydrogen) atoms. The smallest absolute Gasteiger partial charge is 0.410 e. The van der Waals surface area contributed by atoms with E-state index < -0.39 is 0 Å². The quantitative estimate of drug-likeness (QED) is 0.659. The molecule has 0 N–H and O–H groups in total. The van der Waals surface area contributed by atoms with E-state index in [9.17, 15) is 14.0 Å². The molecule has 1 atom stereocenters. The highest BCUT2D eigenvalue weighted by Gasteiger charge is 2.47. The molecular weight excluding hydrogens is 439 g/mol. The lowest BCUT2D eigenvalue weighted by Crippen LogP contribution is -2.53. The Balaban J connectivity index is 1.19. The standard InChI is InChI=1S/C25H35FN4O4/c1-27(2)23(31)30-17-25(21-15-18(26)3-4-22(21)30)8-12-28(13-9-25)19-5-10-29(11-6-19)24(32)34-20-7-14-33-16-20/h3-4,15,19-20H,5-14,16-17H2,1-2H3/t20-/m1/s1. The van der Waals surface area contributed by atoms with Crippen molar-refractivity contribution in [2.24, 2.45) is 0 Å². The van der Waals surface area contributed by atoms with E-state index in [1.165, 1.54) is 6.07 Å². The number of likely N-dealkylation sites (tertiary alicyclic amines) is 2. The van der Waals surface area contributed by atoms with Gasteiger partial charge in [0.25, 0.3) is 0 Å². The fourth-order valence-corrected chi connectivity index (χ4v) is 6.03. The van der Waals surface area contributed by atoms with E-state index in [1.807, 2.05) is 9.80 Å². The first-order valence-corrected chi connectivity index (χ1v) is 12.4. The topological polar surface area (TPSA) is 65.6 Å². The summed E-state index contributed by atoms with van der Waals surface area (Å²) >= 11 is 0. The van der Waals surface area contributed by atoms with Crippen molar-refractivity contribution < 1.29 is 23.5 Å². The van der Waals surface area contributed by atoms with Gasteiger partial charge in [0.15, 0.2) is 0 Å². The Bertz CT molecular complexity index is 919. The van der Waals surface area contributed by atoms with Crippen molar-refractivity contribution in [1.29, 1.82) is 0 Å². The lowest BCUT2D eigenvalue weighted by atomic mass is 9.74. The van der Waals surface area contributed by atoms with Crippen molar-refractivity contribution >= 4 is 17.8 Å². The third kappa shape index (κ3) is 4.35. The van der Waals surface area contributed by atoms with Crippen molar-refractivity contribution in [3.8, 4) is 0 Å². The predicted octanol–water partition coefficient (Wildman–Crippen LogP) is 3.05. The minimum Gasteiger partial charge on any atom is -0.444 e. The summed E-state index contributed by atoms with van der Waals surface area (Å²) in [5, 5.41) is 0. The third-order valence-electron chi connectivity index (χ3n) is 8.04. The van der Waals surface area contributed by atoms with Crippen LogP contribution in [-0.4, -0.2) is 99.0 Å². The van der Waals surface area contributed by atoms with Gasteiger partial charge in [0.05, 0.1) is 13.2 Å². The lowest BCUT2D eigenvalue weighted by molar-refractivity contribution is 0.0336. The molecule has 3 saturated heterocycles. The first kappa shape index (κ1) is 23.4. The van der Waals surface area contributed by atoms with E-state index in [0.717, 1.165) is 56.4 Å². The predicted molar refractivity (Wildman–Crippen MR) is 126 cm³/mol. The Morgan fingerprint density at radius 2 is 1.85 bits per heavy atom. The first-order chi connectivity index (χ1) is 16.4. The molecule has 5 rings (SSSR count). The second kappa shape index (κ2) is 9.34. The van der Waals surface area contributed by atoms with Gasteiger partial charge in [-0.15, -0.1) is 0 Å². The maximum absolute atomic E-state index is 14.2.